The fraction of sp³-hybridized carbons (Fsp3) is 0.286. The Morgan fingerprint density at radius 2 is 1.31 bits per heavy atom. The van der Waals surface area contributed by atoms with Gasteiger partial charge in [0.05, 0.1) is 0 Å². The van der Waals surface area contributed by atoms with Gasteiger partial charge in [-0.25, -0.2) is 0 Å². The van der Waals surface area contributed by atoms with Gasteiger partial charge in [0.2, 0.25) is 6.29 Å². The average Bonchev–Trinajstić information content (AvgIpc) is 2.67. The molecule has 0 saturated carbocycles. The standard InChI is InChI=1S/C12H10O2.C2H6/c1-8-13-11-6-9-4-2-3-5-10(9)7-12(11)14-8;1-2/h2-8H,1H3;1-2H3. The molecule has 0 atom stereocenters. The molecule has 0 amide bonds. The highest BCUT2D eigenvalue weighted by molar-refractivity contribution is 5.86. The molecule has 0 spiro atoms. The lowest BCUT2D eigenvalue weighted by Gasteiger charge is -1.99. The number of fused-ring (bicyclic) bond motifs is 2. The number of benzene rings is 2. The fourth-order valence-electron chi connectivity index (χ4n) is 1.76. The highest BCUT2D eigenvalue weighted by Gasteiger charge is 2.19. The maximum atomic E-state index is 5.49. The van der Waals surface area contributed by atoms with Gasteiger partial charge in [-0.2, -0.15) is 0 Å². The van der Waals surface area contributed by atoms with Gasteiger partial charge in [-0.1, -0.05) is 38.1 Å². The van der Waals surface area contributed by atoms with Gasteiger partial charge in [0.15, 0.2) is 11.5 Å². The number of rotatable bonds is 0. The Morgan fingerprint density at radius 3 is 1.75 bits per heavy atom. The van der Waals surface area contributed by atoms with Gasteiger partial charge in [0.25, 0.3) is 0 Å². The summed E-state index contributed by atoms with van der Waals surface area (Å²) in [6, 6.07) is 12.2. The Balaban J connectivity index is 0.000000457. The lowest BCUT2D eigenvalue weighted by molar-refractivity contribution is 0.0679. The van der Waals surface area contributed by atoms with E-state index < -0.39 is 0 Å². The van der Waals surface area contributed by atoms with Crippen molar-refractivity contribution < 1.29 is 9.47 Å². The predicted octanol–water partition coefficient (Wildman–Crippen LogP) is 3.98. The van der Waals surface area contributed by atoms with E-state index in [0.29, 0.717) is 0 Å². The van der Waals surface area contributed by atoms with Crippen molar-refractivity contribution >= 4 is 10.8 Å². The molecule has 0 bridgehead atoms. The summed E-state index contributed by atoms with van der Waals surface area (Å²) < 4.78 is 11.0. The quantitative estimate of drug-likeness (QED) is 0.663. The van der Waals surface area contributed by atoms with E-state index in [9.17, 15) is 0 Å². The van der Waals surface area contributed by atoms with Crippen molar-refractivity contribution in [3.05, 3.63) is 36.4 Å². The Morgan fingerprint density at radius 1 is 0.875 bits per heavy atom. The van der Waals surface area contributed by atoms with Crippen LogP contribution in [0.1, 0.15) is 20.8 Å². The predicted molar refractivity (Wildman–Crippen MR) is 66.0 cm³/mol. The highest BCUT2D eigenvalue weighted by atomic mass is 16.7. The maximum Gasteiger partial charge on any atom is 0.238 e. The number of hydrogen-bond acceptors (Lipinski definition) is 2. The number of ether oxygens (including phenoxy) is 2. The van der Waals surface area contributed by atoms with E-state index in [0.717, 1.165) is 11.5 Å². The Hall–Kier alpha value is -1.70. The molecule has 16 heavy (non-hydrogen) atoms. The van der Waals surface area contributed by atoms with Crippen LogP contribution in [-0.2, 0) is 0 Å². The van der Waals surface area contributed by atoms with E-state index in [1.165, 1.54) is 10.8 Å². The third-order valence-corrected chi connectivity index (χ3v) is 2.40. The third kappa shape index (κ3) is 1.83. The van der Waals surface area contributed by atoms with Gasteiger partial charge in [-0.05, 0) is 22.9 Å². The summed E-state index contributed by atoms with van der Waals surface area (Å²) in [7, 11) is 0. The molecule has 0 N–H and O–H groups in total. The molecule has 0 radical (unpaired) electrons. The first-order chi connectivity index (χ1) is 7.83. The zero-order valence-corrected chi connectivity index (χ0v) is 9.86. The van der Waals surface area contributed by atoms with E-state index in [2.05, 4.69) is 12.1 Å². The lowest BCUT2D eigenvalue weighted by Crippen LogP contribution is -2.11. The van der Waals surface area contributed by atoms with Crippen LogP contribution >= 0.6 is 0 Å². The van der Waals surface area contributed by atoms with Crippen molar-refractivity contribution in [1.29, 1.82) is 0 Å². The molecule has 2 aromatic carbocycles. The molecule has 0 saturated heterocycles. The topological polar surface area (TPSA) is 18.5 Å². The zero-order valence-electron chi connectivity index (χ0n) is 9.86. The summed E-state index contributed by atoms with van der Waals surface area (Å²) in [5, 5.41) is 2.37. The lowest BCUT2D eigenvalue weighted by atomic mass is 10.1. The second kappa shape index (κ2) is 4.44. The van der Waals surface area contributed by atoms with Crippen molar-refractivity contribution in [3.8, 4) is 11.5 Å². The van der Waals surface area contributed by atoms with Crippen LogP contribution in [0.15, 0.2) is 36.4 Å². The van der Waals surface area contributed by atoms with Crippen LogP contribution in [0.4, 0.5) is 0 Å². The van der Waals surface area contributed by atoms with Crippen molar-refractivity contribution in [1.82, 2.24) is 0 Å². The molecular weight excluding hydrogens is 200 g/mol. The molecule has 0 fully saturated rings. The molecule has 84 valence electrons. The van der Waals surface area contributed by atoms with Gasteiger partial charge < -0.3 is 9.47 Å². The van der Waals surface area contributed by atoms with E-state index in [-0.39, 0.29) is 6.29 Å². The molecule has 2 nitrogen and oxygen atoms in total. The summed E-state index contributed by atoms with van der Waals surface area (Å²) in [6.45, 7) is 5.89. The van der Waals surface area contributed by atoms with Crippen molar-refractivity contribution in [3.63, 3.8) is 0 Å². The van der Waals surface area contributed by atoms with Crippen molar-refractivity contribution in [2.75, 3.05) is 0 Å². The molecular formula is C14H16O2. The van der Waals surface area contributed by atoms with Crippen LogP contribution in [0.3, 0.4) is 0 Å². The molecule has 0 aromatic heterocycles. The number of hydrogen-bond donors (Lipinski definition) is 0. The first-order valence-electron chi connectivity index (χ1n) is 5.69. The van der Waals surface area contributed by atoms with Crippen molar-refractivity contribution in [2.24, 2.45) is 0 Å². The molecule has 2 aromatic rings. The van der Waals surface area contributed by atoms with Gasteiger partial charge >= 0.3 is 0 Å². The first-order valence-corrected chi connectivity index (χ1v) is 5.69. The SMILES string of the molecule is CC.CC1Oc2cc3ccccc3cc2O1. The van der Waals surface area contributed by atoms with Gasteiger partial charge in [-0.15, -0.1) is 0 Å². The van der Waals surface area contributed by atoms with Crippen LogP contribution in [0.5, 0.6) is 11.5 Å². The Labute approximate surface area is 95.8 Å². The summed E-state index contributed by atoms with van der Waals surface area (Å²) in [4.78, 5) is 0. The minimum Gasteiger partial charge on any atom is -0.451 e. The van der Waals surface area contributed by atoms with Crippen molar-refractivity contribution in [2.45, 2.75) is 27.1 Å². The summed E-state index contributed by atoms with van der Waals surface area (Å²) in [5.74, 6) is 1.69. The van der Waals surface area contributed by atoms with E-state index in [1.807, 2.05) is 45.0 Å². The van der Waals surface area contributed by atoms with Gasteiger partial charge in [-0.3, -0.25) is 0 Å². The largest absolute Gasteiger partial charge is 0.451 e. The normalized spacial score (nSPS) is 13.4. The molecule has 1 aliphatic rings. The molecule has 1 aliphatic heterocycles. The van der Waals surface area contributed by atoms with E-state index >= 15 is 0 Å². The van der Waals surface area contributed by atoms with Crippen LogP contribution in [0, 0.1) is 0 Å². The van der Waals surface area contributed by atoms with Crippen LogP contribution < -0.4 is 9.47 Å². The van der Waals surface area contributed by atoms with Crippen LogP contribution in [-0.4, -0.2) is 6.29 Å². The summed E-state index contributed by atoms with van der Waals surface area (Å²) >= 11 is 0. The second-order valence-corrected chi connectivity index (χ2v) is 3.45. The van der Waals surface area contributed by atoms with Gasteiger partial charge in [0, 0.05) is 6.92 Å². The van der Waals surface area contributed by atoms with Crippen LogP contribution in [0.25, 0.3) is 10.8 Å². The van der Waals surface area contributed by atoms with Crippen LogP contribution in [0.2, 0.25) is 0 Å². The first kappa shape index (κ1) is 10.8. The molecule has 1 heterocycles. The molecule has 0 unspecified atom stereocenters. The monoisotopic (exact) mass is 216 g/mol. The highest BCUT2D eigenvalue weighted by Crippen LogP contribution is 2.37. The third-order valence-electron chi connectivity index (χ3n) is 2.40. The maximum absolute atomic E-state index is 5.49. The van der Waals surface area contributed by atoms with Gasteiger partial charge in [0.1, 0.15) is 0 Å². The smallest absolute Gasteiger partial charge is 0.238 e. The summed E-state index contributed by atoms with van der Waals surface area (Å²) in [6.07, 6.45) is -0.165. The zero-order chi connectivity index (χ0) is 11.5. The Kier molecular flexibility index (Phi) is 3.00. The van der Waals surface area contributed by atoms with E-state index in [1.54, 1.807) is 0 Å². The van der Waals surface area contributed by atoms with E-state index in [4.69, 9.17) is 9.47 Å². The average molecular weight is 216 g/mol. The summed E-state index contributed by atoms with van der Waals surface area (Å²) in [5.41, 5.74) is 0. The second-order valence-electron chi connectivity index (χ2n) is 3.45. The Bertz CT molecular complexity index is 447. The minimum absolute atomic E-state index is 0.165. The molecule has 2 heteroatoms. The molecule has 3 rings (SSSR count). The molecule has 0 aliphatic carbocycles. The fourth-order valence-corrected chi connectivity index (χ4v) is 1.76. The minimum atomic E-state index is -0.165.